The normalized spacial score (nSPS) is 10.9. The third kappa shape index (κ3) is 4.55. The number of carbonyl (C=O) groups excluding carboxylic acids is 1. The highest BCUT2D eigenvalue weighted by Gasteiger charge is 2.11. The van der Waals surface area contributed by atoms with Gasteiger partial charge in [0, 0.05) is 13.1 Å². The molecule has 134 valence electrons. The van der Waals surface area contributed by atoms with E-state index in [0.717, 1.165) is 24.3 Å². The van der Waals surface area contributed by atoms with E-state index in [2.05, 4.69) is 46.6 Å². The summed E-state index contributed by atoms with van der Waals surface area (Å²) in [4.78, 5) is 14.6. The van der Waals surface area contributed by atoms with E-state index >= 15 is 0 Å². The van der Waals surface area contributed by atoms with Crippen LogP contribution in [0.25, 0.3) is 5.69 Å². The molecule has 3 rings (SSSR count). The van der Waals surface area contributed by atoms with Crippen LogP contribution in [0.1, 0.15) is 28.5 Å². The third-order valence-electron chi connectivity index (χ3n) is 4.18. The van der Waals surface area contributed by atoms with Crippen LogP contribution in [-0.2, 0) is 13.1 Å². The summed E-state index contributed by atoms with van der Waals surface area (Å²) in [6.07, 6.45) is 1.64. The highest BCUT2D eigenvalue weighted by Crippen LogP contribution is 2.09. The van der Waals surface area contributed by atoms with Gasteiger partial charge < -0.3 is 10.2 Å². The minimum absolute atomic E-state index is 0.233. The SMILES string of the molecule is CCN(C)Cc1cccc(CNC(=O)c2cn(-c3ccccc3)nn2)c1. The van der Waals surface area contributed by atoms with Crippen LogP contribution in [0.5, 0.6) is 0 Å². The summed E-state index contributed by atoms with van der Waals surface area (Å²) in [5, 5.41) is 10.9. The molecule has 0 aliphatic heterocycles. The van der Waals surface area contributed by atoms with Gasteiger partial charge in [-0.1, -0.05) is 54.6 Å². The van der Waals surface area contributed by atoms with Crippen LogP contribution in [0.2, 0.25) is 0 Å². The Morgan fingerprint density at radius 2 is 1.88 bits per heavy atom. The molecule has 0 spiro atoms. The largest absolute Gasteiger partial charge is 0.347 e. The van der Waals surface area contributed by atoms with Gasteiger partial charge >= 0.3 is 0 Å². The zero-order chi connectivity index (χ0) is 18.4. The Labute approximate surface area is 153 Å². The van der Waals surface area contributed by atoms with Gasteiger partial charge in [0.15, 0.2) is 5.69 Å². The number of aromatic nitrogens is 3. The summed E-state index contributed by atoms with van der Waals surface area (Å²) in [5.74, 6) is -0.233. The molecule has 0 bridgehead atoms. The lowest BCUT2D eigenvalue weighted by Crippen LogP contribution is -2.23. The summed E-state index contributed by atoms with van der Waals surface area (Å²) in [6, 6.07) is 17.8. The molecule has 1 heterocycles. The first-order valence-electron chi connectivity index (χ1n) is 8.68. The molecule has 1 amide bonds. The third-order valence-corrected chi connectivity index (χ3v) is 4.18. The fourth-order valence-electron chi connectivity index (χ4n) is 2.61. The van der Waals surface area contributed by atoms with Crippen molar-refractivity contribution < 1.29 is 4.79 Å². The molecule has 0 fully saturated rings. The molecule has 1 N–H and O–H groups in total. The fourth-order valence-corrected chi connectivity index (χ4v) is 2.61. The van der Waals surface area contributed by atoms with Crippen molar-refractivity contribution in [1.82, 2.24) is 25.2 Å². The fraction of sp³-hybridized carbons (Fsp3) is 0.250. The zero-order valence-electron chi connectivity index (χ0n) is 15.1. The van der Waals surface area contributed by atoms with Gasteiger partial charge in [0.2, 0.25) is 0 Å². The second kappa shape index (κ2) is 8.40. The highest BCUT2D eigenvalue weighted by atomic mass is 16.2. The smallest absolute Gasteiger partial charge is 0.273 e. The molecular formula is C20H23N5O. The van der Waals surface area contributed by atoms with Gasteiger partial charge in [-0.15, -0.1) is 5.10 Å². The number of nitrogens with zero attached hydrogens (tertiary/aromatic N) is 4. The van der Waals surface area contributed by atoms with Crippen molar-refractivity contribution in [2.45, 2.75) is 20.0 Å². The molecule has 6 heteroatoms. The molecular weight excluding hydrogens is 326 g/mol. The zero-order valence-corrected chi connectivity index (χ0v) is 15.1. The first kappa shape index (κ1) is 17.8. The van der Waals surface area contributed by atoms with E-state index in [0.29, 0.717) is 12.2 Å². The Hall–Kier alpha value is -2.99. The molecule has 1 aromatic heterocycles. The summed E-state index contributed by atoms with van der Waals surface area (Å²) < 4.78 is 1.59. The van der Waals surface area contributed by atoms with E-state index in [1.807, 2.05) is 42.5 Å². The van der Waals surface area contributed by atoms with E-state index in [1.54, 1.807) is 10.9 Å². The number of carbonyl (C=O) groups is 1. The van der Waals surface area contributed by atoms with Crippen LogP contribution in [0.3, 0.4) is 0 Å². The van der Waals surface area contributed by atoms with Gasteiger partial charge in [0.05, 0.1) is 11.9 Å². The van der Waals surface area contributed by atoms with Crippen LogP contribution >= 0.6 is 0 Å². The average molecular weight is 349 g/mol. The van der Waals surface area contributed by atoms with Gasteiger partial charge in [-0.3, -0.25) is 4.79 Å². The molecule has 26 heavy (non-hydrogen) atoms. The standard InChI is InChI=1S/C20H23N5O/c1-3-24(2)14-17-9-7-8-16(12-17)13-21-20(26)19-15-25(23-22-19)18-10-5-4-6-11-18/h4-12,15H,3,13-14H2,1-2H3,(H,21,26). The van der Waals surface area contributed by atoms with Gasteiger partial charge in [-0.05, 0) is 36.9 Å². The number of hydrogen-bond donors (Lipinski definition) is 1. The lowest BCUT2D eigenvalue weighted by molar-refractivity contribution is 0.0946. The van der Waals surface area contributed by atoms with Crippen molar-refractivity contribution in [1.29, 1.82) is 0 Å². The molecule has 0 unspecified atom stereocenters. The molecule has 3 aromatic rings. The average Bonchev–Trinajstić information content (AvgIpc) is 3.17. The molecule has 0 saturated heterocycles. The van der Waals surface area contributed by atoms with Crippen molar-refractivity contribution in [2.24, 2.45) is 0 Å². The van der Waals surface area contributed by atoms with Crippen molar-refractivity contribution in [3.05, 3.63) is 77.6 Å². The maximum atomic E-state index is 12.3. The summed E-state index contributed by atoms with van der Waals surface area (Å²) in [6.45, 7) is 4.48. The first-order valence-corrected chi connectivity index (χ1v) is 8.68. The highest BCUT2D eigenvalue weighted by molar-refractivity contribution is 5.91. The Morgan fingerprint density at radius 1 is 1.12 bits per heavy atom. The van der Waals surface area contributed by atoms with Crippen LogP contribution in [0.4, 0.5) is 0 Å². The molecule has 0 atom stereocenters. The van der Waals surface area contributed by atoms with Crippen LogP contribution in [-0.4, -0.2) is 39.4 Å². The van der Waals surface area contributed by atoms with Crippen molar-refractivity contribution >= 4 is 5.91 Å². The van der Waals surface area contributed by atoms with Crippen LogP contribution in [0, 0.1) is 0 Å². The molecule has 6 nitrogen and oxygen atoms in total. The van der Waals surface area contributed by atoms with E-state index in [4.69, 9.17) is 0 Å². The van der Waals surface area contributed by atoms with Crippen molar-refractivity contribution in [3.8, 4) is 5.69 Å². The van der Waals surface area contributed by atoms with E-state index in [9.17, 15) is 4.79 Å². The molecule has 0 radical (unpaired) electrons. The van der Waals surface area contributed by atoms with E-state index in [1.165, 1.54) is 5.56 Å². The van der Waals surface area contributed by atoms with Crippen molar-refractivity contribution in [3.63, 3.8) is 0 Å². The summed E-state index contributed by atoms with van der Waals surface area (Å²) in [7, 11) is 2.09. The Morgan fingerprint density at radius 3 is 2.65 bits per heavy atom. The number of hydrogen-bond acceptors (Lipinski definition) is 4. The predicted octanol–water partition coefficient (Wildman–Crippen LogP) is 2.65. The Bertz CT molecular complexity index is 859. The first-order chi connectivity index (χ1) is 12.7. The lowest BCUT2D eigenvalue weighted by atomic mass is 10.1. The number of nitrogens with one attached hydrogen (secondary N) is 1. The van der Waals surface area contributed by atoms with E-state index < -0.39 is 0 Å². The molecule has 0 aliphatic carbocycles. The summed E-state index contributed by atoms with van der Waals surface area (Å²) in [5.41, 5.74) is 3.47. The minimum atomic E-state index is -0.233. The second-order valence-electron chi connectivity index (χ2n) is 6.22. The van der Waals surface area contributed by atoms with Gasteiger partial charge in [0.25, 0.3) is 5.91 Å². The monoisotopic (exact) mass is 349 g/mol. The number of benzene rings is 2. The van der Waals surface area contributed by atoms with Crippen LogP contribution in [0.15, 0.2) is 60.8 Å². The van der Waals surface area contributed by atoms with E-state index in [-0.39, 0.29) is 5.91 Å². The topological polar surface area (TPSA) is 63.1 Å². The molecule has 0 saturated carbocycles. The Kier molecular flexibility index (Phi) is 5.76. The van der Waals surface area contributed by atoms with Gasteiger partial charge in [-0.2, -0.15) is 0 Å². The second-order valence-corrected chi connectivity index (χ2v) is 6.22. The number of rotatable bonds is 7. The number of amides is 1. The predicted molar refractivity (Wildman–Crippen MR) is 101 cm³/mol. The van der Waals surface area contributed by atoms with Gasteiger partial charge in [-0.25, -0.2) is 4.68 Å². The quantitative estimate of drug-likeness (QED) is 0.712. The Balaban J connectivity index is 1.61. The molecule has 2 aromatic carbocycles. The van der Waals surface area contributed by atoms with Gasteiger partial charge in [0.1, 0.15) is 0 Å². The lowest BCUT2D eigenvalue weighted by Gasteiger charge is -2.14. The van der Waals surface area contributed by atoms with Crippen LogP contribution < -0.4 is 5.32 Å². The van der Waals surface area contributed by atoms with Crippen molar-refractivity contribution in [2.75, 3.05) is 13.6 Å². The maximum Gasteiger partial charge on any atom is 0.273 e. The maximum absolute atomic E-state index is 12.3. The summed E-state index contributed by atoms with van der Waals surface area (Å²) >= 11 is 0. The minimum Gasteiger partial charge on any atom is -0.347 e. The molecule has 0 aliphatic rings. The number of para-hydroxylation sites is 1.